The number of rotatable bonds is 5. The summed E-state index contributed by atoms with van der Waals surface area (Å²) in [6.07, 6.45) is 5.32. The van der Waals surface area contributed by atoms with Crippen LogP contribution in [0.5, 0.6) is 0 Å². The standard InChI is InChI=1S/C17H31N5O.HI/c1-12(2)22-10-13-7-8-14(9-15(13)21-22)20-16(18-5)19-11-17(3,4)23-6;/h10,12,14H,7-9,11H2,1-6H3,(H2,18,19,20);1H. The lowest BCUT2D eigenvalue weighted by Gasteiger charge is -2.27. The van der Waals surface area contributed by atoms with Crippen LogP contribution in [0, 0.1) is 0 Å². The summed E-state index contributed by atoms with van der Waals surface area (Å²) in [6.45, 7) is 9.15. The summed E-state index contributed by atoms with van der Waals surface area (Å²) in [6, 6.07) is 0.785. The van der Waals surface area contributed by atoms with Gasteiger partial charge in [0.05, 0.1) is 11.3 Å². The van der Waals surface area contributed by atoms with Crippen LogP contribution in [0.2, 0.25) is 0 Å². The van der Waals surface area contributed by atoms with E-state index >= 15 is 0 Å². The third kappa shape index (κ3) is 5.61. The minimum Gasteiger partial charge on any atom is -0.377 e. The average molecular weight is 449 g/mol. The molecule has 0 aromatic carbocycles. The quantitative estimate of drug-likeness (QED) is 0.412. The van der Waals surface area contributed by atoms with Crippen molar-refractivity contribution in [1.82, 2.24) is 20.4 Å². The molecule has 0 saturated carbocycles. The van der Waals surface area contributed by atoms with Gasteiger partial charge in [-0.1, -0.05) is 0 Å². The number of fused-ring (bicyclic) bond motifs is 1. The van der Waals surface area contributed by atoms with Gasteiger partial charge in [0, 0.05) is 45.4 Å². The highest BCUT2D eigenvalue weighted by Gasteiger charge is 2.23. The summed E-state index contributed by atoms with van der Waals surface area (Å²) < 4.78 is 7.51. The molecule has 1 heterocycles. The molecule has 7 heteroatoms. The molecule has 24 heavy (non-hydrogen) atoms. The Morgan fingerprint density at radius 3 is 2.79 bits per heavy atom. The van der Waals surface area contributed by atoms with Crippen molar-refractivity contribution in [2.45, 2.75) is 64.6 Å². The fourth-order valence-electron chi connectivity index (χ4n) is 2.66. The lowest BCUT2D eigenvalue weighted by atomic mass is 9.94. The Labute approximate surface area is 162 Å². The molecule has 0 saturated heterocycles. The van der Waals surface area contributed by atoms with E-state index in [0.717, 1.165) is 25.2 Å². The van der Waals surface area contributed by atoms with Crippen LogP contribution in [0.4, 0.5) is 0 Å². The maximum Gasteiger partial charge on any atom is 0.191 e. The number of nitrogens with one attached hydrogen (secondary N) is 2. The van der Waals surface area contributed by atoms with Crippen molar-refractivity contribution in [3.8, 4) is 0 Å². The van der Waals surface area contributed by atoms with Gasteiger partial charge in [-0.05, 0) is 46.1 Å². The number of aromatic nitrogens is 2. The molecular formula is C17H32IN5O. The number of aryl methyl sites for hydroxylation is 1. The van der Waals surface area contributed by atoms with E-state index in [0.29, 0.717) is 18.6 Å². The van der Waals surface area contributed by atoms with Gasteiger partial charge in [0.1, 0.15) is 0 Å². The third-order valence-electron chi connectivity index (χ3n) is 4.42. The zero-order chi connectivity index (χ0) is 17.0. The predicted molar refractivity (Wildman–Crippen MR) is 109 cm³/mol. The van der Waals surface area contributed by atoms with Crippen LogP contribution in [0.25, 0.3) is 0 Å². The van der Waals surface area contributed by atoms with E-state index in [1.807, 2.05) is 0 Å². The topological polar surface area (TPSA) is 63.5 Å². The highest BCUT2D eigenvalue weighted by Crippen LogP contribution is 2.21. The van der Waals surface area contributed by atoms with Crippen LogP contribution in [0.1, 0.15) is 51.4 Å². The lowest BCUT2D eigenvalue weighted by molar-refractivity contribution is 0.0268. The summed E-state index contributed by atoms with van der Waals surface area (Å²) in [7, 11) is 3.53. The summed E-state index contributed by atoms with van der Waals surface area (Å²) in [4.78, 5) is 4.32. The molecule has 1 aromatic heterocycles. The van der Waals surface area contributed by atoms with Crippen LogP contribution in [-0.2, 0) is 17.6 Å². The van der Waals surface area contributed by atoms with Crippen LogP contribution in [0.15, 0.2) is 11.2 Å². The molecule has 0 radical (unpaired) electrons. The minimum absolute atomic E-state index is 0. The maximum absolute atomic E-state index is 5.44. The van der Waals surface area contributed by atoms with Gasteiger partial charge in [0.2, 0.25) is 0 Å². The van der Waals surface area contributed by atoms with Gasteiger partial charge in [-0.3, -0.25) is 9.67 Å². The van der Waals surface area contributed by atoms with Crippen LogP contribution >= 0.6 is 24.0 Å². The number of aliphatic imine (C=N–C) groups is 1. The maximum atomic E-state index is 5.44. The summed E-state index contributed by atoms with van der Waals surface area (Å²) in [5, 5.41) is 11.6. The lowest BCUT2D eigenvalue weighted by Crippen LogP contribution is -2.49. The number of halogens is 1. The van der Waals surface area contributed by atoms with Crippen molar-refractivity contribution in [3.63, 3.8) is 0 Å². The van der Waals surface area contributed by atoms with Gasteiger partial charge in [-0.15, -0.1) is 24.0 Å². The van der Waals surface area contributed by atoms with E-state index in [4.69, 9.17) is 9.84 Å². The van der Waals surface area contributed by atoms with E-state index in [-0.39, 0.29) is 29.6 Å². The third-order valence-corrected chi connectivity index (χ3v) is 4.42. The molecule has 0 fully saturated rings. The molecule has 1 aromatic rings. The van der Waals surface area contributed by atoms with Crippen LogP contribution in [-0.4, -0.2) is 48.1 Å². The van der Waals surface area contributed by atoms with Crippen LogP contribution in [0.3, 0.4) is 0 Å². The molecule has 2 rings (SSSR count). The zero-order valence-electron chi connectivity index (χ0n) is 15.7. The highest BCUT2D eigenvalue weighted by molar-refractivity contribution is 14.0. The fourth-order valence-corrected chi connectivity index (χ4v) is 2.66. The second-order valence-electron chi connectivity index (χ2n) is 7.15. The second-order valence-corrected chi connectivity index (χ2v) is 7.15. The second kappa shape index (κ2) is 9.03. The number of methoxy groups -OCH3 is 1. The number of guanidine groups is 1. The SMILES string of the molecule is CN=C(NCC(C)(C)OC)NC1CCc2cn(C(C)C)nc2C1.I. The van der Waals surface area contributed by atoms with Crippen molar-refractivity contribution in [2.24, 2.45) is 4.99 Å². The molecule has 138 valence electrons. The Balaban J connectivity index is 0.00000288. The Bertz CT molecular complexity index is 553. The Morgan fingerprint density at radius 2 is 2.21 bits per heavy atom. The first-order valence-corrected chi connectivity index (χ1v) is 8.44. The van der Waals surface area contributed by atoms with Gasteiger partial charge < -0.3 is 15.4 Å². The van der Waals surface area contributed by atoms with Crippen molar-refractivity contribution < 1.29 is 4.74 Å². The zero-order valence-corrected chi connectivity index (χ0v) is 18.0. The molecule has 1 aliphatic rings. The molecule has 2 N–H and O–H groups in total. The molecule has 1 aliphatic carbocycles. The molecule has 0 amide bonds. The fraction of sp³-hybridized carbons (Fsp3) is 0.765. The van der Waals surface area contributed by atoms with Gasteiger partial charge in [-0.25, -0.2) is 0 Å². The average Bonchev–Trinajstić information content (AvgIpc) is 2.95. The first-order valence-electron chi connectivity index (χ1n) is 8.44. The number of nitrogens with zero attached hydrogens (tertiary/aromatic N) is 3. The smallest absolute Gasteiger partial charge is 0.191 e. The van der Waals surface area contributed by atoms with Gasteiger partial charge in [0.25, 0.3) is 0 Å². The van der Waals surface area contributed by atoms with E-state index in [2.05, 4.69) is 54.2 Å². The summed E-state index contributed by atoms with van der Waals surface area (Å²) in [5.41, 5.74) is 2.39. The van der Waals surface area contributed by atoms with Crippen LogP contribution < -0.4 is 10.6 Å². The first-order chi connectivity index (χ1) is 10.8. The largest absolute Gasteiger partial charge is 0.377 e. The van der Waals surface area contributed by atoms with Gasteiger partial charge in [0.15, 0.2) is 5.96 Å². The number of ether oxygens (including phenoxy) is 1. The molecule has 0 spiro atoms. The Morgan fingerprint density at radius 1 is 1.50 bits per heavy atom. The van der Waals surface area contributed by atoms with Gasteiger partial charge in [-0.2, -0.15) is 5.10 Å². The summed E-state index contributed by atoms with van der Waals surface area (Å²) >= 11 is 0. The predicted octanol–water partition coefficient (Wildman–Crippen LogP) is 2.53. The van der Waals surface area contributed by atoms with E-state index in [9.17, 15) is 0 Å². The Hall–Kier alpha value is -0.830. The monoisotopic (exact) mass is 449 g/mol. The first kappa shape index (κ1) is 21.2. The van der Waals surface area contributed by atoms with E-state index in [1.54, 1.807) is 14.2 Å². The van der Waals surface area contributed by atoms with Gasteiger partial charge >= 0.3 is 0 Å². The Kier molecular flexibility index (Phi) is 7.98. The highest BCUT2D eigenvalue weighted by atomic mass is 127. The van der Waals surface area contributed by atoms with Crippen molar-refractivity contribution in [1.29, 1.82) is 0 Å². The molecule has 0 bridgehead atoms. The van der Waals surface area contributed by atoms with Crippen molar-refractivity contribution >= 4 is 29.9 Å². The number of hydrogen-bond donors (Lipinski definition) is 2. The van der Waals surface area contributed by atoms with Crippen molar-refractivity contribution in [2.75, 3.05) is 20.7 Å². The molecule has 1 atom stereocenters. The van der Waals surface area contributed by atoms with E-state index < -0.39 is 0 Å². The molecular weight excluding hydrogens is 417 g/mol. The molecule has 0 aliphatic heterocycles. The number of hydrogen-bond acceptors (Lipinski definition) is 3. The minimum atomic E-state index is -0.215. The summed E-state index contributed by atoms with van der Waals surface area (Å²) in [5.74, 6) is 0.826. The van der Waals surface area contributed by atoms with E-state index in [1.165, 1.54) is 11.3 Å². The molecule has 6 nitrogen and oxygen atoms in total. The molecule has 1 unspecified atom stereocenters. The normalized spacial score (nSPS) is 18.1. The van der Waals surface area contributed by atoms with Crippen molar-refractivity contribution in [3.05, 3.63) is 17.5 Å².